The molecule has 1 aliphatic carbocycles. The van der Waals surface area contributed by atoms with E-state index in [1.807, 2.05) is 18.9 Å². The Balaban J connectivity index is 2.56. The van der Waals surface area contributed by atoms with Crippen LogP contribution >= 0.6 is 0 Å². The van der Waals surface area contributed by atoms with Crippen LogP contribution in [0.25, 0.3) is 0 Å². The fourth-order valence-electron chi connectivity index (χ4n) is 2.32. The molecule has 0 spiro atoms. The van der Waals surface area contributed by atoms with Gasteiger partial charge >= 0.3 is 6.03 Å². The van der Waals surface area contributed by atoms with Crippen molar-refractivity contribution in [2.75, 3.05) is 20.1 Å². The summed E-state index contributed by atoms with van der Waals surface area (Å²) in [5.41, 5.74) is 5.89. The fourth-order valence-corrected chi connectivity index (χ4v) is 2.32. The molecule has 1 rings (SSSR count). The average molecular weight is 227 g/mol. The van der Waals surface area contributed by atoms with Gasteiger partial charge in [-0.15, -0.1) is 0 Å². The van der Waals surface area contributed by atoms with Gasteiger partial charge in [0, 0.05) is 32.2 Å². The molecule has 0 bridgehead atoms. The lowest BCUT2D eigenvalue weighted by molar-refractivity contribution is 0.129. The molecule has 4 heteroatoms. The van der Waals surface area contributed by atoms with Crippen LogP contribution in [0.3, 0.4) is 0 Å². The Morgan fingerprint density at radius 1 is 1.19 bits per heavy atom. The third-order valence-electron chi connectivity index (χ3n) is 3.57. The van der Waals surface area contributed by atoms with E-state index in [2.05, 4.69) is 6.92 Å². The van der Waals surface area contributed by atoms with Crippen molar-refractivity contribution in [1.82, 2.24) is 9.80 Å². The molecule has 0 aromatic rings. The van der Waals surface area contributed by atoms with E-state index in [1.54, 1.807) is 4.90 Å². The average Bonchev–Trinajstić information content (AvgIpc) is 2.31. The summed E-state index contributed by atoms with van der Waals surface area (Å²) in [6.07, 6.45) is 4.20. The van der Waals surface area contributed by atoms with Crippen LogP contribution in [0.1, 0.15) is 39.5 Å². The highest BCUT2D eigenvalue weighted by atomic mass is 16.2. The number of urea groups is 1. The van der Waals surface area contributed by atoms with E-state index >= 15 is 0 Å². The lowest BCUT2D eigenvalue weighted by Gasteiger charge is -2.37. The summed E-state index contributed by atoms with van der Waals surface area (Å²) in [4.78, 5) is 15.9. The zero-order valence-corrected chi connectivity index (χ0v) is 10.8. The van der Waals surface area contributed by atoms with E-state index in [0.29, 0.717) is 12.1 Å². The second kappa shape index (κ2) is 6.09. The first-order chi connectivity index (χ1) is 7.60. The Morgan fingerprint density at radius 2 is 1.75 bits per heavy atom. The van der Waals surface area contributed by atoms with Gasteiger partial charge in [-0.1, -0.05) is 0 Å². The summed E-state index contributed by atoms with van der Waals surface area (Å²) in [5, 5.41) is 0. The Bertz CT molecular complexity index is 224. The van der Waals surface area contributed by atoms with E-state index in [-0.39, 0.29) is 6.03 Å². The normalized spacial score (nSPS) is 25.2. The van der Waals surface area contributed by atoms with Gasteiger partial charge in [-0.25, -0.2) is 4.79 Å². The Kier molecular flexibility index (Phi) is 5.06. The number of hydrogen-bond donors (Lipinski definition) is 1. The van der Waals surface area contributed by atoms with Crippen molar-refractivity contribution in [2.24, 2.45) is 5.73 Å². The quantitative estimate of drug-likeness (QED) is 0.797. The van der Waals surface area contributed by atoms with Crippen molar-refractivity contribution >= 4 is 6.03 Å². The minimum atomic E-state index is 0.158. The van der Waals surface area contributed by atoms with Crippen molar-refractivity contribution in [3.8, 4) is 0 Å². The SMILES string of the molecule is CCN(C)C(=O)N(CC)C1CCC(N)CC1. The smallest absolute Gasteiger partial charge is 0.319 e. The second-order valence-electron chi connectivity index (χ2n) is 4.65. The van der Waals surface area contributed by atoms with E-state index in [0.717, 1.165) is 38.8 Å². The van der Waals surface area contributed by atoms with Gasteiger partial charge in [-0.05, 0) is 39.5 Å². The summed E-state index contributed by atoms with van der Waals surface area (Å²) in [6, 6.07) is 0.894. The number of carbonyl (C=O) groups is 1. The molecule has 2 amide bonds. The molecule has 4 nitrogen and oxygen atoms in total. The number of amides is 2. The summed E-state index contributed by atoms with van der Waals surface area (Å²) < 4.78 is 0. The first-order valence-electron chi connectivity index (χ1n) is 6.37. The van der Waals surface area contributed by atoms with Crippen molar-refractivity contribution < 1.29 is 4.79 Å². The largest absolute Gasteiger partial charge is 0.328 e. The number of hydrogen-bond acceptors (Lipinski definition) is 2. The Hall–Kier alpha value is -0.770. The standard InChI is InChI=1S/C12H25N3O/c1-4-14(3)12(16)15(5-2)11-8-6-10(13)7-9-11/h10-11H,4-9,13H2,1-3H3. The summed E-state index contributed by atoms with van der Waals surface area (Å²) >= 11 is 0. The van der Waals surface area contributed by atoms with Crippen LogP contribution in [0.4, 0.5) is 4.79 Å². The molecule has 0 heterocycles. The highest BCUT2D eigenvalue weighted by Crippen LogP contribution is 2.22. The van der Waals surface area contributed by atoms with Gasteiger partial charge in [0.25, 0.3) is 0 Å². The third-order valence-corrected chi connectivity index (χ3v) is 3.57. The van der Waals surface area contributed by atoms with E-state index in [1.165, 1.54) is 0 Å². The predicted molar refractivity (Wildman–Crippen MR) is 66.3 cm³/mol. The van der Waals surface area contributed by atoms with E-state index < -0.39 is 0 Å². The maximum absolute atomic E-state index is 12.1. The molecule has 0 saturated heterocycles. The first kappa shape index (κ1) is 13.3. The van der Waals surface area contributed by atoms with Gasteiger partial charge in [0.1, 0.15) is 0 Å². The molecule has 2 N–H and O–H groups in total. The Labute approximate surface area is 98.8 Å². The molecule has 0 atom stereocenters. The lowest BCUT2D eigenvalue weighted by Crippen LogP contribution is -2.48. The van der Waals surface area contributed by atoms with Crippen LogP contribution in [-0.2, 0) is 0 Å². The molecule has 0 aromatic carbocycles. The first-order valence-corrected chi connectivity index (χ1v) is 6.37. The number of nitrogens with zero attached hydrogens (tertiary/aromatic N) is 2. The van der Waals surface area contributed by atoms with Crippen LogP contribution in [0.15, 0.2) is 0 Å². The summed E-state index contributed by atoms with van der Waals surface area (Å²) in [5.74, 6) is 0. The molecule has 1 aliphatic rings. The second-order valence-corrected chi connectivity index (χ2v) is 4.65. The highest BCUT2D eigenvalue weighted by molar-refractivity contribution is 5.74. The zero-order chi connectivity index (χ0) is 12.1. The van der Waals surface area contributed by atoms with Crippen LogP contribution in [0, 0.1) is 0 Å². The molecule has 1 saturated carbocycles. The van der Waals surface area contributed by atoms with Crippen LogP contribution < -0.4 is 5.73 Å². The fraction of sp³-hybridized carbons (Fsp3) is 0.917. The Morgan fingerprint density at radius 3 is 2.19 bits per heavy atom. The minimum absolute atomic E-state index is 0.158. The molecule has 16 heavy (non-hydrogen) atoms. The van der Waals surface area contributed by atoms with Gasteiger partial charge in [0.2, 0.25) is 0 Å². The molecular formula is C12H25N3O. The molecule has 0 unspecified atom stereocenters. The van der Waals surface area contributed by atoms with Crippen LogP contribution in [0.2, 0.25) is 0 Å². The van der Waals surface area contributed by atoms with Gasteiger partial charge in [-0.2, -0.15) is 0 Å². The number of rotatable bonds is 3. The van der Waals surface area contributed by atoms with Crippen molar-refractivity contribution in [2.45, 2.75) is 51.6 Å². The van der Waals surface area contributed by atoms with Crippen LogP contribution in [0.5, 0.6) is 0 Å². The maximum atomic E-state index is 12.1. The van der Waals surface area contributed by atoms with Crippen molar-refractivity contribution in [3.63, 3.8) is 0 Å². The third kappa shape index (κ3) is 3.11. The minimum Gasteiger partial charge on any atom is -0.328 e. The summed E-state index contributed by atoms with van der Waals surface area (Å²) in [6.45, 7) is 5.61. The molecule has 0 aliphatic heterocycles. The summed E-state index contributed by atoms with van der Waals surface area (Å²) in [7, 11) is 1.86. The van der Waals surface area contributed by atoms with Crippen LogP contribution in [-0.4, -0.2) is 48.1 Å². The lowest BCUT2D eigenvalue weighted by atomic mass is 9.91. The monoisotopic (exact) mass is 227 g/mol. The van der Waals surface area contributed by atoms with Gasteiger partial charge in [0.05, 0.1) is 0 Å². The number of carbonyl (C=O) groups excluding carboxylic acids is 1. The number of nitrogens with two attached hydrogens (primary N) is 1. The zero-order valence-electron chi connectivity index (χ0n) is 10.8. The highest BCUT2D eigenvalue weighted by Gasteiger charge is 2.27. The molecule has 0 aromatic heterocycles. The molecular weight excluding hydrogens is 202 g/mol. The topological polar surface area (TPSA) is 49.6 Å². The van der Waals surface area contributed by atoms with Crippen molar-refractivity contribution in [3.05, 3.63) is 0 Å². The molecule has 0 radical (unpaired) electrons. The van der Waals surface area contributed by atoms with Gasteiger partial charge in [-0.3, -0.25) is 0 Å². The van der Waals surface area contributed by atoms with E-state index in [4.69, 9.17) is 5.73 Å². The van der Waals surface area contributed by atoms with E-state index in [9.17, 15) is 4.79 Å². The van der Waals surface area contributed by atoms with Crippen molar-refractivity contribution in [1.29, 1.82) is 0 Å². The molecule has 94 valence electrons. The molecule has 1 fully saturated rings. The maximum Gasteiger partial charge on any atom is 0.319 e. The predicted octanol–water partition coefficient (Wildman–Crippen LogP) is 1.65. The van der Waals surface area contributed by atoms with Gasteiger partial charge < -0.3 is 15.5 Å². The van der Waals surface area contributed by atoms with Gasteiger partial charge in [0.15, 0.2) is 0 Å².